The molecule has 1 aromatic rings. The van der Waals surface area contributed by atoms with Crippen LogP contribution >= 0.6 is 0 Å². The van der Waals surface area contributed by atoms with E-state index >= 15 is 0 Å². The van der Waals surface area contributed by atoms with Crippen molar-refractivity contribution in [1.82, 2.24) is 0 Å². The van der Waals surface area contributed by atoms with Crippen LogP contribution in [0.1, 0.15) is 50.5 Å². The van der Waals surface area contributed by atoms with Crippen LogP contribution in [-0.2, 0) is 20.3 Å². The largest absolute Gasteiger partial charge is 0.378 e. The van der Waals surface area contributed by atoms with Gasteiger partial charge in [0.25, 0.3) is 0 Å². The maximum absolute atomic E-state index is 12.2. The van der Waals surface area contributed by atoms with Crippen molar-refractivity contribution < 1.29 is 13.2 Å². The third kappa shape index (κ3) is 4.28. The molecule has 0 N–H and O–H groups in total. The minimum absolute atomic E-state index is 0.157. The van der Waals surface area contributed by atoms with Crippen molar-refractivity contribution in [2.75, 3.05) is 12.4 Å². The van der Waals surface area contributed by atoms with Crippen LogP contribution in [0.2, 0.25) is 0 Å². The van der Waals surface area contributed by atoms with Crippen molar-refractivity contribution in [3.05, 3.63) is 35.9 Å². The van der Waals surface area contributed by atoms with E-state index in [1.165, 1.54) is 32.1 Å². The monoisotopic (exact) mass is 362 g/mol. The molecule has 4 aliphatic carbocycles. The molecule has 0 unspecified atom stereocenters. The summed E-state index contributed by atoms with van der Waals surface area (Å²) in [5.41, 5.74) is 0.882. The van der Waals surface area contributed by atoms with E-state index < -0.39 is 9.84 Å². The van der Waals surface area contributed by atoms with E-state index in [1.54, 1.807) is 0 Å². The van der Waals surface area contributed by atoms with E-state index in [0.29, 0.717) is 12.5 Å². The molecule has 0 amide bonds. The summed E-state index contributed by atoms with van der Waals surface area (Å²) in [6, 6.07) is 9.46. The highest BCUT2D eigenvalue weighted by Crippen LogP contribution is 2.54. The standard InChI is InChI=1S/C21H30O3S/c22-25(23,15-16-6-2-1-3-7-16)9-5-4-8-24-21-19-11-17-10-18(13-19)14-20(21)12-17/h1-3,6-7,17-21H,4-5,8-15H2. The Labute approximate surface area is 152 Å². The van der Waals surface area contributed by atoms with Gasteiger partial charge in [-0.25, -0.2) is 8.42 Å². The molecule has 0 saturated heterocycles. The van der Waals surface area contributed by atoms with Crippen molar-refractivity contribution in [1.29, 1.82) is 0 Å². The zero-order valence-electron chi connectivity index (χ0n) is 15.0. The van der Waals surface area contributed by atoms with Crippen molar-refractivity contribution in [2.24, 2.45) is 23.7 Å². The summed E-state index contributed by atoms with van der Waals surface area (Å²) in [7, 11) is -3.01. The highest BCUT2D eigenvalue weighted by Gasteiger charge is 2.48. The van der Waals surface area contributed by atoms with E-state index in [0.717, 1.165) is 42.3 Å². The first kappa shape index (κ1) is 17.5. The Morgan fingerprint density at radius 1 is 0.880 bits per heavy atom. The molecule has 0 aliphatic heterocycles. The van der Waals surface area contributed by atoms with E-state index in [9.17, 15) is 8.42 Å². The fourth-order valence-electron chi connectivity index (χ4n) is 5.69. The van der Waals surface area contributed by atoms with Crippen molar-refractivity contribution in [2.45, 2.75) is 56.8 Å². The number of hydrogen-bond acceptors (Lipinski definition) is 3. The summed E-state index contributed by atoms with van der Waals surface area (Å²) in [6.07, 6.45) is 9.02. The molecule has 4 saturated carbocycles. The lowest BCUT2D eigenvalue weighted by Crippen LogP contribution is -2.49. The quantitative estimate of drug-likeness (QED) is 0.650. The number of ether oxygens (including phenoxy) is 1. The Morgan fingerprint density at radius 3 is 2.16 bits per heavy atom. The molecule has 4 heteroatoms. The van der Waals surface area contributed by atoms with Gasteiger partial charge in [0.1, 0.15) is 0 Å². The topological polar surface area (TPSA) is 43.4 Å². The molecule has 4 bridgehead atoms. The minimum Gasteiger partial charge on any atom is -0.378 e. The van der Waals surface area contributed by atoms with Gasteiger partial charge in [-0.3, -0.25) is 0 Å². The number of hydrogen-bond donors (Lipinski definition) is 0. The SMILES string of the molecule is O=S(=O)(CCCCOC1C2CC3CC(C2)CC1C3)Cc1ccccc1. The zero-order chi connectivity index (χ0) is 17.3. The molecule has 0 radical (unpaired) electrons. The predicted octanol–water partition coefficient (Wildman–Crippen LogP) is 4.22. The molecule has 5 rings (SSSR count). The van der Waals surface area contributed by atoms with Crippen LogP contribution < -0.4 is 0 Å². The van der Waals surface area contributed by atoms with Crippen LogP contribution in [-0.4, -0.2) is 26.9 Å². The first-order valence-corrected chi connectivity index (χ1v) is 11.8. The van der Waals surface area contributed by atoms with Crippen molar-refractivity contribution >= 4 is 9.84 Å². The molecule has 25 heavy (non-hydrogen) atoms. The fraction of sp³-hybridized carbons (Fsp3) is 0.714. The fourth-order valence-corrected chi connectivity index (χ4v) is 7.18. The van der Waals surface area contributed by atoms with Gasteiger partial charge in [-0.1, -0.05) is 30.3 Å². The average Bonchev–Trinajstić information content (AvgIpc) is 2.56. The highest BCUT2D eigenvalue weighted by atomic mass is 32.2. The Hall–Kier alpha value is -0.870. The third-order valence-electron chi connectivity index (χ3n) is 6.53. The van der Waals surface area contributed by atoms with Crippen LogP contribution in [0, 0.1) is 23.7 Å². The van der Waals surface area contributed by atoms with Gasteiger partial charge in [0.2, 0.25) is 0 Å². The summed E-state index contributed by atoms with van der Waals surface area (Å²) in [5.74, 6) is 3.96. The molecular weight excluding hydrogens is 332 g/mol. The Bertz CT molecular complexity index is 640. The van der Waals surface area contributed by atoms with Crippen molar-refractivity contribution in [3.63, 3.8) is 0 Å². The molecule has 0 spiro atoms. The molecular formula is C21H30O3S. The van der Waals surface area contributed by atoms with Gasteiger partial charge >= 0.3 is 0 Å². The van der Waals surface area contributed by atoms with Crippen LogP contribution in [0.3, 0.4) is 0 Å². The summed E-state index contributed by atoms with van der Waals surface area (Å²) in [4.78, 5) is 0. The number of unbranched alkanes of at least 4 members (excludes halogenated alkanes) is 1. The van der Waals surface area contributed by atoms with Gasteiger partial charge in [0.15, 0.2) is 9.84 Å². The van der Waals surface area contributed by atoms with E-state index in [2.05, 4.69) is 0 Å². The minimum atomic E-state index is -3.01. The second kappa shape index (κ2) is 7.40. The third-order valence-corrected chi connectivity index (χ3v) is 8.21. The van der Waals surface area contributed by atoms with Gasteiger partial charge < -0.3 is 4.74 Å². The normalized spacial score (nSPS) is 33.7. The van der Waals surface area contributed by atoms with Crippen LogP contribution in [0.4, 0.5) is 0 Å². The Kier molecular flexibility index (Phi) is 5.19. The van der Waals surface area contributed by atoms with Gasteiger partial charge in [-0.2, -0.15) is 0 Å². The number of benzene rings is 1. The molecule has 4 fully saturated rings. The predicted molar refractivity (Wildman–Crippen MR) is 100.0 cm³/mol. The number of rotatable bonds is 8. The molecule has 4 aliphatic rings. The Balaban J connectivity index is 1.18. The van der Waals surface area contributed by atoms with Crippen molar-refractivity contribution in [3.8, 4) is 0 Å². The molecule has 0 atom stereocenters. The lowest BCUT2D eigenvalue weighted by atomic mass is 9.55. The molecule has 3 nitrogen and oxygen atoms in total. The zero-order valence-corrected chi connectivity index (χ0v) is 15.8. The van der Waals surface area contributed by atoms with E-state index in [-0.39, 0.29) is 11.5 Å². The average molecular weight is 363 g/mol. The smallest absolute Gasteiger partial charge is 0.154 e. The van der Waals surface area contributed by atoms with Gasteiger partial charge in [0.05, 0.1) is 17.6 Å². The second-order valence-electron chi connectivity index (χ2n) is 8.55. The van der Waals surface area contributed by atoms with Crippen LogP contribution in [0.5, 0.6) is 0 Å². The summed E-state index contributed by atoms with van der Waals surface area (Å²) >= 11 is 0. The van der Waals surface area contributed by atoms with Crippen LogP contribution in [0.25, 0.3) is 0 Å². The summed E-state index contributed by atoms with van der Waals surface area (Å²) in [6.45, 7) is 0.730. The summed E-state index contributed by atoms with van der Waals surface area (Å²) < 4.78 is 30.7. The second-order valence-corrected chi connectivity index (χ2v) is 10.7. The first-order chi connectivity index (χ1) is 12.1. The maximum Gasteiger partial charge on any atom is 0.154 e. The molecule has 1 aromatic carbocycles. The molecule has 0 aromatic heterocycles. The van der Waals surface area contributed by atoms with Gasteiger partial charge in [-0.05, 0) is 74.2 Å². The van der Waals surface area contributed by atoms with E-state index in [4.69, 9.17) is 4.74 Å². The van der Waals surface area contributed by atoms with Crippen LogP contribution in [0.15, 0.2) is 30.3 Å². The highest BCUT2D eigenvalue weighted by molar-refractivity contribution is 7.90. The van der Waals surface area contributed by atoms with Gasteiger partial charge in [0, 0.05) is 6.61 Å². The maximum atomic E-state index is 12.2. The first-order valence-electron chi connectivity index (χ1n) is 9.95. The Morgan fingerprint density at radius 2 is 1.52 bits per heavy atom. The van der Waals surface area contributed by atoms with E-state index in [1.807, 2.05) is 30.3 Å². The molecule has 0 heterocycles. The number of sulfone groups is 1. The summed E-state index contributed by atoms with van der Waals surface area (Å²) in [5, 5.41) is 0. The lowest BCUT2D eigenvalue weighted by Gasteiger charge is -2.54. The van der Waals surface area contributed by atoms with Gasteiger partial charge in [-0.15, -0.1) is 0 Å². The lowest BCUT2D eigenvalue weighted by molar-refractivity contribution is -0.126. The molecule has 138 valence electrons.